The Labute approximate surface area is 162 Å². The number of fused-ring (bicyclic) bond motifs is 1. The summed E-state index contributed by atoms with van der Waals surface area (Å²) in [5.74, 6) is 2.36. The first-order valence-corrected chi connectivity index (χ1v) is 8.88. The van der Waals surface area contributed by atoms with Crippen molar-refractivity contribution in [1.29, 1.82) is 0 Å². The molecule has 0 radical (unpaired) electrons. The third-order valence-electron chi connectivity index (χ3n) is 4.69. The van der Waals surface area contributed by atoms with Gasteiger partial charge in [-0.05, 0) is 19.1 Å². The van der Waals surface area contributed by atoms with Gasteiger partial charge in [0.15, 0.2) is 11.6 Å². The second-order valence-corrected chi connectivity index (χ2v) is 6.57. The number of nitrogens with zero attached hydrogens (tertiary/aromatic N) is 5. The van der Waals surface area contributed by atoms with Crippen molar-refractivity contribution >= 4 is 17.5 Å². The summed E-state index contributed by atoms with van der Waals surface area (Å²) in [6.45, 7) is 2.34. The van der Waals surface area contributed by atoms with E-state index >= 15 is 0 Å². The van der Waals surface area contributed by atoms with Gasteiger partial charge in [0.05, 0.1) is 43.7 Å². The average Bonchev–Trinajstić information content (AvgIpc) is 3.14. The number of rotatable bonds is 5. The van der Waals surface area contributed by atoms with E-state index in [4.69, 9.17) is 9.47 Å². The van der Waals surface area contributed by atoms with Gasteiger partial charge in [-0.3, -0.25) is 0 Å². The molecule has 28 heavy (non-hydrogen) atoms. The summed E-state index contributed by atoms with van der Waals surface area (Å²) in [4.78, 5) is 15.0. The number of hydrogen-bond acceptors (Lipinski definition) is 8. The molecule has 2 aromatic heterocycles. The molecular weight excluding hydrogens is 360 g/mol. The fourth-order valence-corrected chi connectivity index (χ4v) is 3.07. The van der Waals surface area contributed by atoms with Gasteiger partial charge in [-0.1, -0.05) is 0 Å². The molecule has 0 saturated heterocycles. The Morgan fingerprint density at radius 1 is 1.36 bits per heavy atom. The topological polar surface area (TPSA) is 97.6 Å². The molecule has 1 atom stereocenters. The molecule has 0 unspecified atom stereocenters. The zero-order chi connectivity index (χ0) is 19.7. The van der Waals surface area contributed by atoms with Gasteiger partial charge in [-0.15, -0.1) is 0 Å². The standard InChI is InChI=1S/C19H22N6O3/c1-12-8-25(11-21-12)15-5-4-13(6-16(15)27-3)22-19-20-7-17-18(23-19)24(2)14(9-26)10-28-17/h4-8,11,14,26H,9-10H2,1-3H3,(H,20,22,23)/t14-/m1/s1. The second kappa shape index (κ2) is 7.35. The number of aliphatic hydroxyl groups is 1. The van der Waals surface area contributed by atoms with Gasteiger partial charge in [0.25, 0.3) is 0 Å². The molecule has 1 aliphatic heterocycles. The first-order chi connectivity index (χ1) is 13.6. The Morgan fingerprint density at radius 3 is 2.93 bits per heavy atom. The van der Waals surface area contributed by atoms with Crippen molar-refractivity contribution in [3.05, 3.63) is 42.6 Å². The van der Waals surface area contributed by atoms with Crippen LogP contribution in [0.1, 0.15) is 5.69 Å². The molecule has 0 amide bonds. The highest BCUT2D eigenvalue weighted by Crippen LogP contribution is 2.32. The fourth-order valence-electron chi connectivity index (χ4n) is 3.07. The minimum absolute atomic E-state index is 0.00487. The minimum Gasteiger partial charge on any atom is -0.494 e. The van der Waals surface area contributed by atoms with Crippen molar-refractivity contribution < 1.29 is 14.6 Å². The molecule has 0 fully saturated rings. The minimum atomic E-state index is -0.131. The van der Waals surface area contributed by atoms with Gasteiger partial charge < -0.3 is 29.4 Å². The van der Waals surface area contributed by atoms with E-state index in [0.717, 1.165) is 17.1 Å². The average molecular weight is 382 g/mol. The van der Waals surface area contributed by atoms with Crippen molar-refractivity contribution in [1.82, 2.24) is 19.5 Å². The van der Waals surface area contributed by atoms with Crippen molar-refractivity contribution in [2.24, 2.45) is 0 Å². The number of aromatic nitrogens is 4. The number of likely N-dealkylation sites (N-methyl/N-ethyl adjacent to an activating group) is 1. The zero-order valence-corrected chi connectivity index (χ0v) is 16.0. The van der Waals surface area contributed by atoms with Crippen LogP contribution in [0.25, 0.3) is 5.69 Å². The van der Waals surface area contributed by atoms with Gasteiger partial charge in [0.1, 0.15) is 12.4 Å². The predicted octanol–water partition coefficient (Wildman–Crippen LogP) is 1.91. The number of methoxy groups -OCH3 is 1. The fraction of sp³-hybridized carbons (Fsp3) is 0.316. The van der Waals surface area contributed by atoms with Gasteiger partial charge in [0, 0.05) is 25.0 Å². The predicted molar refractivity (Wildman–Crippen MR) is 105 cm³/mol. The third kappa shape index (κ3) is 3.31. The van der Waals surface area contributed by atoms with Crippen LogP contribution in [0, 0.1) is 6.92 Å². The number of hydrogen-bond donors (Lipinski definition) is 2. The van der Waals surface area contributed by atoms with Crippen LogP contribution >= 0.6 is 0 Å². The van der Waals surface area contributed by atoms with E-state index in [1.54, 1.807) is 19.6 Å². The highest BCUT2D eigenvalue weighted by atomic mass is 16.5. The number of ether oxygens (including phenoxy) is 2. The Hall–Kier alpha value is -3.33. The van der Waals surface area contributed by atoms with E-state index in [-0.39, 0.29) is 12.6 Å². The van der Waals surface area contributed by atoms with Crippen LogP contribution in [-0.4, -0.2) is 58.0 Å². The summed E-state index contributed by atoms with van der Waals surface area (Å²) in [5, 5.41) is 12.7. The van der Waals surface area contributed by atoms with E-state index < -0.39 is 0 Å². The van der Waals surface area contributed by atoms with Crippen molar-refractivity contribution in [2.75, 3.05) is 37.6 Å². The van der Waals surface area contributed by atoms with E-state index in [1.165, 1.54) is 0 Å². The molecule has 1 aliphatic rings. The molecule has 9 heteroatoms. The van der Waals surface area contributed by atoms with Crippen molar-refractivity contribution in [2.45, 2.75) is 13.0 Å². The zero-order valence-electron chi connectivity index (χ0n) is 16.0. The van der Waals surface area contributed by atoms with Gasteiger partial charge in [-0.25, -0.2) is 9.97 Å². The smallest absolute Gasteiger partial charge is 0.229 e. The van der Waals surface area contributed by atoms with Crippen molar-refractivity contribution in [3.63, 3.8) is 0 Å². The first-order valence-electron chi connectivity index (χ1n) is 8.88. The molecule has 9 nitrogen and oxygen atoms in total. The van der Waals surface area contributed by atoms with Crippen LogP contribution in [0.4, 0.5) is 17.5 Å². The lowest BCUT2D eigenvalue weighted by atomic mass is 10.2. The monoisotopic (exact) mass is 382 g/mol. The molecule has 2 N–H and O–H groups in total. The Balaban J connectivity index is 1.60. The highest BCUT2D eigenvalue weighted by molar-refractivity contribution is 5.64. The quantitative estimate of drug-likeness (QED) is 0.691. The molecule has 146 valence electrons. The summed E-state index contributed by atoms with van der Waals surface area (Å²) in [7, 11) is 3.51. The van der Waals surface area contributed by atoms with Crippen LogP contribution in [0.5, 0.6) is 11.5 Å². The maximum Gasteiger partial charge on any atom is 0.229 e. The molecule has 4 rings (SSSR count). The summed E-state index contributed by atoms with van der Waals surface area (Å²) < 4.78 is 13.1. The Morgan fingerprint density at radius 2 is 2.21 bits per heavy atom. The third-order valence-corrected chi connectivity index (χ3v) is 4.69. The molecule has 3 aromatic rings. The second-order valence-electron chi connectivity index (χ2n) is 6.57. The number of nitrogens with one attached hydrogen (secondary N) is 1. The highest BCUT2D eigenvalue weighted by Gasteiger charge is 2.26. The van der Waals surface area contributed by atoms with Crippen LogP contribution in [0.15, 0.2) is 36.9 Å². The molecule has 0 saturated carbocycles. The molecule has 1 aromatic carbocycles. The van der Waals surface area contributed by atoms with Crippen LogP contribution < -0.4 is 19.7 Å². The lowest BCUT2D eigenvalue weighted by Crippen LogP contribution is -2.43. The van der Waals surface area contributed by atoms with E-state index in [0.29, 0.717) is 29.9 Å². The molecule has 3 heterocycles. The maximum atomic E-state index is 9.47. The summed E-state index contributed by atoms with van der Waals surface area (Å²) in [6.07, 6.45) is 5.32. The van der Waals surface area contributed by atoms with Crippen LogP contribution in [-0.2, 0) is 0 Å². The molecular formula is C19H22N6O3. The normalized spacial score (nSPS) is 15.7. The first kappa shape index (κ1) is 18.1. The largest absolute Gasteiger partial charge is 0.494 e. The number of imidazole rings is 1. The molecule has 0 bridgehead atoms. The summed E-state index contributed by atoms with van der Waals surface area (Å²) in [6, 6.07) is 5.61. The van der Waals surface area contributed by atoms with E-state index in [9.17, 15) is 5.11 Å². The Bertz CT molecular complexity index is 990. The number of aliphatic hydroxyl groups excluding tert-OH is 1. The number of aryl methyl sites for hydroxylation is 1. The number of benzene rings is 1. The van der Waals surface area contributed by atoms with Gasteiger partial charge >= 0.3 is 0 Å². The SMILES string of the molecule is COc1cc(Nc2ncc3c(n2)N(C)[C@H](CO)CO3)ccc1-n1cnc(C)c1. The summed E-state index contributed by atoms with van der Waals surface area (Å²) in [5.41, 5.74) is 2.61. The maximum absolute atomic E-state index is 9.47. The molecule has 0 spiro atoms. The van der Waals surface area contributed by atoms with Crippen LogP contribution in [0.2, 0.25) is 0 Å². The van der Waals surface area contributed by atoms with E-state index in [2.05, 4.69) is 20.3 Å². The lowest BCUT2D eigenvalue weighted by molar-refractivity contribution is 0.189. The lowest BCUT2D eigenvalue weighted by Gasteiger charge is -2.33. The summed E-state index contributed by atoms with van der Waals surface area (Å²) >= 11 is 0. The Kier molecular flexibility index (Phi) is 4.74. The number of anilines is 3. The molecule has 0 aliphatic carbocycles. The van der Waals surface area contributed by atoms with E-state index in [1.807, 2.05) is 47.8 Å². The van der Waals surface area contributed by atoms with Crippen molar-refractivity contribution in [3.8, 4) is 17.2 Å². The van der Waals surface area contributed by atoms with Gasteiger partial charge in [0.2, 0.25) is 5.95 Å². The van der Waals surface area contributed by atoms with Crippen LogP contribution in [0.3, 0.4) is 0 Å². The van der Waals surface area contributed by atoms with Gasteiger partial charge in [-0.2, -0.15) is 4.98 Å².